The van der Waals surface area contributed by atoms with Crippen LogP contribution in [0, 0.1) is 5.92 Å². The molecule has 5 nitrogen and oxygen atoms in total. The Labute approximate surface area is 165 Å². The highest BCUT2D eigenvalue weighted by atomic mass is 32.1. The lowest BCUT2D eigenvalue weighted by molar-refractivity contribution is -0.121. The summed E-state index contributed by atoms with van der Waals surface area (Å²) in [5.74, 6) is 1.38. The van der Waals surface area contributed by atoms with Crippen LogP contribution in [-0.2, 0) is 11.2 Å². The maximum absolute atomic E-state index is 12.5. The van der Waals surface area contributed by atoms with E-state index < -0.39 is 0 Å². The van der Waals surface area contributed by atoms with Crippen LogP contribution in [-0.4, -0.2) is 30.1 Å². The van der Waals surface area contributed by atoms with E-state index >= 15 is 0 Å². The summed E-state index contributed by atoms with van der Waals surface area (Å²) in [6.45, 7) is 3.13. The van der Waals surface area contributed by atoms with Gasteiger partial charge in [-0.15, -0.1) is 11.3 Å². The van der Waals surface area contributed by atoms with Gasteiger partial charge in [0.15, 0.2) is 0 Å². The molecule has 3 rings (SSSR count). The molecule has 0 aliphatic heterocycles. The summed E-state index contributed by atoms with van der Waals surface area (Å²) in [7, 11) is 0. The van der Waals surface area contributed by atoms with E-state index in [2.05, 4.69) is 10.3 Å². The number of nitrogens with two attached hydrogens (primary N) is 1. The van der Waals surface area contributed by atoms with Crippen molar-refractivity contribution in [2.75, 3.05) is 13.2 Å². The van der Waals surface area contributed by atoms with Crippen molar-refractivity contribution in [1.29, 1.82) is 0 Å². The zero-order chi connectivity index (χ0) is 19.1. The third-order valence-electron chi connectivity index (χ3n) is 5.12. The Kier molecular flexibility index (Phi) is 7.24. The Bertz CT molecular complexity index is 723. The first-order chi connectivity index (χ1) is 13.2. The monoisotopic (exact) mass is 387 g/mol. The largest absolute Gasteiger partial charge is 0.494 e. The second kappa shape index (κ2) is 9.85. The molecular formula is C21H29N3O2S. The van der Waals surface area contributed by atoms with Gasteiger partial charge in [-0.1, -0.05) is 19.3 Å². The van der Waals surface area contributed by atoms with Crippen LogP contribution in [0.3, 0.4) is 0 Å². The first-order valence-corrected chi connectivity index (χ1v) is 10.7. The number of aromatic nitrogens is 1. The number of carbonyl (C=O) groups excluding carboxylic acids is 1. The lowest BCUT2D eigenvalue weighted by atomic mass is 9.84. The van der Waals surface area contributed by atoms with Crippen LogP contribution in [0.15, 0.2) is 29.6 Å². The molecule has 3 N–H and O–H groups in total. The SMILES string of the molecule is CCOc1ccc(-c2nc(CC(=O)NC(CN)C3CCCCC3)cs2)cc1. The Hall–Kier alpha value is -1.92. The molecule has 6 heteroatoms. The van der Waals surface area contributed by atoms with E-state index in [4.69, 9.17) is 10.5 Å². The quantitative estimate of drug-likeness (QED) is 0.723. The first-order valence-electron chi connectivity index (χ1n) is 9.86. The molecule has 0 bridgehead atoms. The van der Waals surface area contributed by atoms with Gasteiger partial charge < -0.3 is 15.8 Å². The summed E-state index contributed by atoms with van der Waals surface area (Å²) in [5, 5.41) is 6.02. The van der Waals surface area contributed by atoms with Crippen molar-refractivity contribution in [3.63, 3.8) is 0 Å². The molecule has 0 saturated heterocycles. The third kappa shape index (κ3) is 5.53. The maximum atomic E-state index is 12.5. The van der Waals surface area contributed by atoms with Crippen molar-refractivity contribution in [3.8, 4) is 16.3 Å². The number of rotatable bonds is 8. The molecule has 1 fully saturated rings. The molecule has 1 saturated carbocycles. The normalized spacial score (nSPS) is 16.1. The van der Waals surface area contributed by atoms with Gasteiger partial charge in [-0.3, -0.25) is 4.79 Å². The third-order valence-corrected chi connectivity index (χ3v) is 6.07. The minimum absolute atomic E-state index is 0.0135. The van der Waals surface area contributed by atoms with Crippen LogP contribution in [0.5, 0.6) is 5.75 Å². The molecule has 27 heavy (non-hydrogen) atoms. The lowest BCUT2D eigenvalue weighted by Gasteiger charge is -2.30. The van der Waals surface area contributed by atoms with Gasteiger partial charge in [-0.2, -0.15) is 0 Å². The van der Waals surface area contributed by atoms with E-state index in [-0.39, 0.29) is 11.9 Å². The highest BCUT2D eigenvalue weighted by Crippen LogP contribution is 2.27. The average molecular weight is 388 g/mol. The van der Waals surface area contributed by atoms with E-state index in [1.54, 1.807) is 11.3 Å². The Balaban J connectivity index is 1.57. The molecule has 0 spiro atoms. The van der Waals surface area contributed by atoms with Crippen molar-refractivity contribution >= 4 is 17.2 Å². The molecule has 1 aliphatic rings. The van der Waals surface area contributed by atoms with Crippen LogP contribution in [0.1, 0.15) is 44.7 Å². The molecule has 1 aliphatic carbocycles. The van der Waals surface area contributed by atoms with E-state index in [1.807, 2.05) is 36.6 Å². The molecule has 1 heterocycles. The smallest absolute Gasteiger partial charge is 0.226 e. The Morgan fingerprint density at radius 1 is 1.30 bits per heavy atom. The molecular weight excluding hydrogens is 358 g/mol. The first kappa shape index (κ1) is 19.8. The topological polar surface area (TPSA) is 77.2 Å². The number of hydrogen-bond acceptors (Lipinski definition) is 5. The molecule has 1 unspecified atom stereocenters. The van der Waals surface area contributed by atoms with Gasteiger partial charge in [0.1, 0.15) is 10.8 Å². The Morgan fingerprint density at radius 2 is 2.04 bits per heavy atom. The zero-order valence-electron chi connectivity index (χ0n) is 15.9. The average Bonchev–Trinajstić information content (AvgIpc) is 3.16. The maximum Gasteiger partial charge on any atom is 0.226 e. The van der Waals surface area contributed by atoms with E-state index in [1.165, 1.54) is 32.1 Å². The number of amides is 1. The number of hydrogen-bond donors (Lipinski definition) is 2. The van der Waals surface area contributed by atoms with Crippen LogP contribution in [0.2, 0.25) is 0 Å². The van der Waals surface area contributed by atoms with Crippen LogP contribution >= 0.6 is 11.3 Å². The summed E-state index contributed by atoms with van der Waals surface area (Å²) >= 11 is 1.56. The molecule has 146 valence electrons. The minimum Gasteiger partial charge on any atom is -0.494 e. The van der Waals surface area contributed by atoms with Gasteiger partial charge in [0, 0.05) is 23.5 Å². The molecule has 1 aromatic carbocycles. The fraction of sp³-hybridized carbons (Fsp3) is 0.524. The number of nitrogens with zero attached hydrogens (tertiary/aromatic N) is 1. The van der Waals surface area contributed by atoms with Gasteiger partial charge >= 0.3 is 0 Å². The number of nitrogens with one attached hydrogen (secondary N) is 1. The standard InChI is InChI=1S/C21H29N3O2S/c1-2-26-18-10-8-16(9-11-18)21-23-17(14-27-21)12-20(25)24-19(13-22)15-6-4-3-5-7-15/h8-11,14-15,19H,2-7,12-13,22H2,1H3,(H,24,25). The molecule has 1 aromatic heterocycles. The van der Waals surface area contributed by atoms with Crippen LogP contribution < -0.4 is 15.8 Å². The summed E-state index contributed by atoms with van der Waals surface area (Å²) in [5.41, 5.74) is 7.77. The number of ether oxygens (including phenoxy) is 1. The fourth-order valence-corrected chi connectivity index (χ4v) is 4.54. The van der Waals surface area contributed by atoms with E-state index in [9.17, 15) is 4.79 Å². The van der Waals surface area contributed by atoms with Gasteiger partial charge in [-0.25, -0.2) is 4.98 Å². The predicted octanol–water partition coefficient (Wildman–Crippen LogP) is 3.78. The molecule has 1 amide bonds. The molecule has 0 radical (unpaired) electrons. The second-order valence-electron chi connectivity index (χ2n) is 7.09. The van der Waals surface area contributed by atoms with Gasteiger partial charge in [0.25, 0.3) is 0 Å². The van der Waals surface area contributed by atoms with Crippen LogP contribution in [0.25, 0.3) is 10.6 Å². The summed E-state index contributed by atoms with van der Waals surface area (Å²) in [4.78, 5) is 17.1. The molecule has 2 aromatic rings. The predicted molar refractivity (Wildman–Crippen MR) is 110 cm³/mol. The molecule has 1 atom stereocenters. The van der Waals surface area contributed by atoms with E-state index in [0.29, 0.717) is 25.5 Å². The fourth-order valence-electron chi connectivity index (χ4n) is 3.71. The van der Waals surface area contributed by atoms with Crippen molar-refractivity contribution in [2.24, 2.45) is 11.7 Å². The van der Waals surface area contributed by atoms with Crippen molar-refractivity contribution < 1.29 is 9.53 Å². The lowest BCUT2D eigenvalue weighted by Crippen LogP contribution is -2.46. The van der Waals surface area contributed by atoms with E-state index in [0.717, 1.165) is 22.0 Å². The van der Waals surface area contributed by atoms with Gasteiger partial charge in [0.05, 0.1) is 18.7 Å². The highest BCUT2D eigenvalue weighted by Gasteiger charge is 2.24. The summed E-state index contributed by atoms with van der Waals surface area (Å²) in [6.07, 6.45) is 6.43. The minimum atomic E-state index is 0.0135. The van der Waals surface area contributed by atoms with Crippen molar-refractivity contribution in [1.82, 2.24) is 10.3 Å². The van der Waals surface area contributed by atoms with Crippen LogP contribution in [0.4, 0.5) is 0 Å². The second-order valence-corrected chi connectivity index (χ2v) is 7.94. The highest BCUT2D eigenvalue weighted by molar-refractivity contribution is 7.13. The zero-order valence-corrected chi connectivity index (χ0v) is 16.8. The van der Waals surface area contributed by atoms with Gasteiger partial charge in [0.2, 0.25) is 5.91 Å². The van der Waals surface area contributed by atoms with Crippen molar-refractivity contribution in [3.05, 3.63) is 35.3 Å². The summed E-state index contributed by atoms with van der Waals surface area (Å²) < 4.78 is 5.47. The van der Waals surface area contributed by atoms with Crippen molar-refractivity contribution in [2.45, 2.75) is 51.5 Å². The summed E-state index contributed by atoms with van der Waals surface area (Å²) in [6, 6.07) is 7.98. The number of benzene rings is 1. The van der Waals surface area contributed by atoms with Gasteiger partial charge in [-0.05, 0) is 49.9 Å². The number of carbonyl (C=O) groups is 1. The Morgan fingerprint density at radius 3 is 2.70 bits per heavy atom. The number of thiazole rings is 1.